The summed E-state index contributed by atoms with van der Waals surface area (Å²) in [6.07, 6.45) is 4.98. The number of ether oxygens (including phenoxy) is 3. The molecule has 1 aromatic heterocycles. The zero-order valence-corrected chi connectivity index (χ0v) is 16.9. The van der Waals surface area contributed by atoms with Crippen LogP contribution < -0.4 is 4.90 Å². The molecule has 0 aliphatic carbocycles. The highest BCUT2D eigenvalue weighted by Gasteiger charge is 2.21. The van der Waals surface area contributed by atoms with E-state index in [9.17, 15) is 9.18 Å². The van der Waals surface area contributed by atoms with Gasteiger partial charge in [-0.2, -0.15) is 0 Å². The predicted molar refractivity (Wildman–Crippen MR) is 106 cm³/mol. The van der Waals surface area contributed by atoms with Crippen molar-refractivity contribution in [3.05, 3.63) is 53.1 Å². The van der Waals surface area contributed by atoms with Gasteiger partial charge in [0.2, 0.25) is 5.95 Å². The summed E-state index contributed by atoms with van der Waals surface area (Å²) >= 11 is 0. The number of aromatic nitrogens is 2. The molecule has 0 unspecified atom stereocenters. The quantitative estimate of drug-likeness (QED) is 0.464. The van der Waals surface area contributed by atoms with Crippen molar-refractivity contribution in [2.45, 2.75) is 38.6 Å². The number of nitrogens with zero attached hydrogens (tertiary/aromatic N) is 3. The first-order valence-electron chi connectivity index (χ1n) is 9.78. The van der Waals surface area contributed by atoms with Crippen molar-refractivity contribution in [1.29, 1.82) is 0 Å². The number of rotatable bonds is 10. The van der Waals surface area contributed by atoms with Gasteiger partial charge in [0, 0.05) is 38.2 Å². The van der Waals surface area contributed by atoms with Crippen LogP contribution in [-0.4, -0.2) is 54.1 Å². The van der Waals surface area contributed by atoms with E-state index in [0.29, 0.717) is 18.1 Å². The molecule has 0 amide bonds. The third-order valence-corrected chi connectivity index (χ3v) is 4.84. The summed E-state index contributed by atoms with van der Waals surface area (Å²) in [4.78, 5) is 21.6. The first kappa shape index (κ1) is 22.1. The number of piperidine rings is 1. The lowest BCUT2D eigenvalue weighted by Crippen LogP contribution is -2.38. The molecular weight excluding hydrogens is 393 g/mol. The lowest BCUT2D eigenvalue weighted by molar-refractivity contribution is -0.136. The van der Waals surface area contributed by atoms with Gasteiger partial charge in [-0.15, -0.1) is 0 Å². The Morgan fingerprint density at radius 3 is 2.57 bits per heavy atom. The van der Waals surface area contributed by atoms with Crippen molar-refractivity contribution >= 4 is 11.9 Å². The van der Waals surface area contributed by atoms with Crippen molar-refractivity contribution in [1.82, 2.24) is 9.97 Å². The summed E-state index contributed by atoms with van der Waals surface area (Å²) in [7, 11) is 1.64. The van der Waals surface area contributed by atoms with E-state index in [1.165, 1.54) is 12.1 Å². The largest absolute Gasteiger partial charge is 0.481 e. The fourth-order valence-corrected chi connectivity index (χ4v) is 3.27. The monoisotopic (exact) mass is 419 g/mol. The van der Waals surface area contributed by atoms with E-state index in [4.69, 9.17) is 19.3 Å². The van der Waals surface area contributed by atoms with Gasteiger partial charge in [-0.25, -0.2) is 14.4 Å². The summed E-state index contributed by atoms with van der Waals surface area (Å²) in [6, 6.07) is 4.44. The standard InChI is InChI=1S/C21H26FN3O5/c1-28-12-16-10-23-21(24-11-16)25-6-4-18(5-7-25)30-14-29-13-15-2-3-17(9-20(26)27)19(22)8-15/h2-3,8,10-11,18H,4-7,9,12-14H2,1H3,(H,26,27). The molecule has 1 N–H and O–H groups in total. The Bertz CT molecular complexity index is 826. The number of aliphatic carboxylic acids is 1. The number of carboxylic acid groups (broad SMARTS) is 1. The highest BCUT2D eigenvalue weighted by molar-refractivity contribution is 5.70. The topological polar surface area (TPSA) is 94.0 Å². The minimum atomic E-state index is -1.06. The Kier molecular flexibility index (Phi) is 8.06. The molecule has 30 heavy (non-hydrogen) atoms. The molecule has 1 aliphatic rings. The van der Waals surface area contributed by atoms with Crippen LogP contribution in [0, 0.1) is 5.82 Å². The molecule has 162 valence electrons. The molecule has 0 radical (unpaired) electrons. The van der Waals surface area contributed by atoms with E-state index >= 15 is 0 Å². The highest BCUT2D eigenvalue weighted by Crippen LogP contribution is 2.18. The number of benzene rings is 1. The zero-order valence-electron chi connectivity index (χ0n) is 16.9. The summed E-state index contributed by atoms with van der Waals surface area (Å²) in [5, 5.41) is 8.75. The molecule has 2 aromatic rings. The van der Waals surface area contributed by atoms with Gasteiger partial charge in [-0.3, -0.25) is 4.79 Å². The maximum Gasteiger partial charge on any atom is 0.307 e. The third-order valence-electron chi connectivity index (χ3n) is 4.84. The van der Waals surface area contributed by atoms with Gasteiger partial charge in [-0.05, 0) is 30.0 Å². The van der Waals surface area contributed by atoms with Gasteiger partial charge in [-0.1, -0.05) is 12.1 Å². The van der Waals surface area contributed by atoms with Gasteiger partial charge < -0.3 is 24.2 Å². The van der Waals surface area contributed by atoms with E-state index in [-0.39, 0.29) is 31.5 Å². The van der Waals surface area contributed by atoms with Gasteiger partial charge in [0.05, 0.1) is 25.7 Å². The second kappa shape index (κ2) is 11.0. The average molecular weight is 419 g/mol. The number of hydrogen-bond donors (Lipinski definition) is 1. The van der Waals surface area contributed by atoms with Gasteiger partial charge in [0.1, 0.15) is 12.6 Å². The van der Waals surface area contributed by atoms with Crippen molar-refractivity contribution in [2.24, 2.45) is 0 Å². The van der Waals surface area contributed by atoms with Gasteiger partial charge >= 0.3 is 5.97 Å². The molecule has 3 rings (SSSR count). The minimum absolute atomic E-state index is 0.0868. The Morgan fingerprint density at radius 2 is 1.93 bits per heavy atom. The molecule has 8 nitrogen and oxygen atoms in total. The SMILES string of the molecule is COCc1cnc(N2CCC(OCOCc3ccc(CC(=O)O)c(F)c3)CC2)nc1. The van der Waals surface area contributed by atoms with E-state index in [1.807, 2.05) is 0 Å². The maximum atomic E-state index is 13.9. The number of carboxylic acids is 1. The van der Waals surface area contributed by atoms with Crippen molar-refractivity contribution in [3.8, 4) is 0 Å². The first-order chi connectivity index (χ1) is 14.5. The average Bonchev–Trinajstić information content (AvgIpc) is 2.74. The second-order valence-corrected chi connectivity index (χ2v) is 7.14. The molecule has 1 aliphatic heterocycles. The molecule has 0 atom stereocenters. The molecule has 9 heteroatoms. The van der Waals surface area contributed by atoms with Crippen molar-refractivity contribution in [3.63, 3.8) is 0 Å². The second-order valence-electron chi connectivity index (χ2n) is 7.14. The molecule has 0 saturated carbocycles. The molecule has 2 heterocycles. The van der Waals surface area contributed by atoms with Crippen LogP contribution in [0.25, 0.3) is 0 Å². The van der Waals surface area contributed by atoms with E-state index in [1.54, 1.807) is 25.6 Å². The van der Waals surface area contributed by atoms with Crippen LogP contribution in [0.1, 0.15) is 29.5 Å². The Morgan fingerprint density at radius 1 is 1.20 bits per heavy atom. The fourth-order valence-electron chi connectivity index (χ4n) is 3.27. The van der Waals surface area contributed by atoms with Crippen LogP contribution in [0.5, 0.6) is 0 Å². The molecular formula is C21H26FN3O5. The van der Waals surface area contributed by atoms with Crippen LogP contribution in [0.2, 0.25) is 0 Å². The Hall–Kier alpha value is -2.62. The fraction of sp³-hybridized carbons (Fsp3) is 0.476. The molecule has 0 bridgehead atoms. The summed E-state index contributed by atoms with van der Waals surface area (Å²) < 4.78 is 30.2. The first-order valence-corrected chi connectivity index (χ1v) is 9.78. The number of carbonyl (C=O) groups is 1. The van der Waals surface area contributed by atoms with Crippen molar-refractivity contribution < 1.29 is 28.5 Å². The number of methoxy groups -OCH3 is 1. The zero-order chi connectivity index (χ0) is 21.3. The lowest BCUT2D eigenvalue weighted by Gasteiger charge is -2.31. The van der Waals surface area contributed by atoms with Crippen LogP contribution in [0.4, 0.5) is 10.3 Å². The van der Waals surface area contributed by atoms with E-state index in [0.717, 1.165) is 31.5 Å². The lowest BCUT2D eigenvalue weighted by atomic mass is 10.1. The molecule has 1 aromatic carbocycles. The molecule has 0 spiro atoms. The smallest absolute Gasteiger partial charge is 0.307 e. The third kappa shape index (κ3) is 6.45. The maximum absolute atomic E-state index is 13.9. The van der Waals surface area contributed by atoms with E-state index < -0.39 is 11.8 Å². The van der Waals surface area contributed by atoms with Crippen molar-refractivity contribution in [2.75, 3.05) is 31.9 Å². The highest BCUT2D eigenvalue weighted by atomic mass is 19.1. The normalized spacial score (nSPS) is 14.8. The summed E-state index contributed by atoms with van der Waals surface area (Å²) in [6.45, 7) is 2.40. The van der Waals surface area contributed by atoms with E-state index in [2.05, 4.69) is 14.9 Å². The Balaban J connectivity index is 1.36. The van der Waals surface area contributed by atoms with Crippen LogP contribution in [-0.2, 0) is 38.6 Å². The van der Waals surface area contributed by atoms with Gasteiger partial charge in [0.25, 0.3) is 0 Å². The summed E-state index contributed by atoms with van der Waals surface area (Å²) in [5.41, 5.74) is 1.73. The minimum Gasteiger partial charge on any atom is -0.481 e. The number of anilines is 1. The van der Waals surface area contributed by atoms with Crippen LogP contribution in [0.3, 0.4) is 0 Å². The molecule has 1 fully saturated rings. The number of hydrogen-bond acceptors (Lipinski definition) is 7. The number of halogens is 1. The predicted octanol–water partition coefficient (Wildman–Crippen LogP) is 2.55. The van der Waals surface area contributed by atoms with Crippen LogP contribution >= 0.6 is 0 Å². The molecule has 1 saturated heterocycles. The van der Waals surface area contributed by atoms with Gasteiger partial charge in [0.15, 0.2) is 0 Å². The Labute approximate surface area is 174 Å². The summed E-state index contributed by atoms with van der Waals surface area (Å²) in [5.74, 6) is -0.894. The van der Waals surface area contributed by atoms with Crippen LogP contribution in [0.15, 0.2) is 30.6 Å².